The summed E-state index contributed by atoms with van der Waals surface area (Å²) in [5.41, 5.74) is 12.3. The Labute approximate surface area is 181 Å². The lowest BCUT2D eigenvalue weighted by Crippen LogP contribution is -2.55. The van der Waals surface area contributed by atoms with Crippen LogP contribution >= 0.6 is 7.82 Å². The van der Waals surface area contributed by atoms with Gasteiger partial charge in [-0.25, -0.2) is 4.57 Å². The second-order valence-electron chi connectivity index (χ2n) is 7.11. The highest BCUT2D eigenvalue weighted by Gasteiger charge is 2.30. The highest BCUT2D eigenvalue weighted by molar-refractivity contribution is 7.46. The molecule has 0 bridgehead atoms. The van der Waals surface area contributed by atoms with Gasteiger partial charge in [0.15, 0.2) is 0 Å². The van der Waals surface area contributed by atoms with Crippen molar-refractivity contribution in [3.63, 3.8) is 0 Å². The van der Waals surface area contributed by atoms with E-state index in [1.807, 2.05) is 30.3 Å². The zero-order valence-electron chi connectivity index (χ0n) is 17.3. The van der Waals surface area contributed by atoms with Crippen LogP contribution in [0.5, 0.6) is 0 Å². The van der Waals surface area contributed by atoms with E-state index in [-0.39, 0.29) is 12.8 Å². The van der Waals surface area contributed by atoms with E-state index in [9.17, 15) is 18.9 Å². The van der Waals surface area contributed by atoms with Gasteiger partial charge in [-0.3, -0.25) is 14.1 Å². The molecule has 0 unspecified atom stereocenters. The number of amides is 2. The average Bonchev–Trinajstić information content (AvgIpc) is 2.70. The summed E-state index contributed by atoms with van der Waals surface area (Å²) in [6, 6.07) is 5.91. The molecule has 0 aliphatic heterocycles. The minimum Gasteiger partial charge on any atom is -0.343 e. The molecule has 0 saturated carbocycles. The third-order valence-corrected chi connectivity index (χ3v) is 5.09. The first kappa shape index (κ1) is 26.9. The van der Waals surface area contributed by atoms with Crippen molar-refractivity contribution in [2.24, 2.45) is 11.5 Å². The number of nitrogens with one attached hydrogen (secondary N) is 2. The largest absolute Gasteiger partial charge is 0.469 e. The van der Waals surface area contributed by atoms with Crippen molar-refractivity contribution in [3.05, 3.63) is 35.9 Å². The Hall–Kier alpha value is -2.14. The molecule has 0 fully saturated rings. The van der Waals surface area contributed by atoms with Gasteiger partial charge in [-0.15, -0.1) is 0 Å². The molecular formula is C19H31N4O7P. The molecule has 1 rings (SSSR count). The molecule has 1 aromatic carbocycles. The van der Waals surface area contributed by atoms with Crippen LogP contribution in [0, 0.1) is 0 Å². The van der Waals surface area contributed by atoms with Crippen molar-refractivity contribution in [1.29, 1.82) is 0 Å². The van der Waals surface area contributed by atoms with Crippen molar-refractivity contribution < 1.29 is 33.3 Å². The van der Waals surface area contributed by atoms with Gasteiger partial charge in [0.2, 0.25) is 11.8 Å². The van der Waals surface area contributed by atoms with E-state index in [0.29, 0.717) is 25.7 Å². The van der Waals surface area contributed by atoms with E-state index in [4.69, 9.17) is 21.3 Å². The van der Waals surface area contributed by atoms with Crippen molar-refractivity contribution in [3.8, 4) is 0 Å². The second kappa shape index (κ2) is 13.3. The van der Waals surface area contributed by atoms with Gasteiger partial charge in [0.1, 0.15) is 18.4 Å². The van der Waals surface area contributed by atoms with E-state index >= 15 is 0 Å². The highest BCUT2D eigenvalue weighted by atomic mass is 31.2. The SMILES string of the molecule is C[C@@H](OP(=O)(O)O)[C@@H](C=O)NC(=O)[C@H](CCCCN)NC(=O)[C@@H](N)Cc1ccccc1. The molecule has 8 N–H and O–H groups in total. The van der Waals surface area contributed by atoms with Crippen molar-refractivity contribution in [1.82, 2.24) is 10.6 Å². The number of unbranched alkanes of at least 4 members (excludes halogenated alkanes) is 1. The monoisotopic (exact) mass is 458 g/mol. The van der Waals surface area contributed by atoms with Gasteiger partial charge in [0.25, 0.3) is 0 Å². The topological polar surface area (TPSA) is 194 Å². The first-order valence-electron chi connectivity index (χ1n) is 9.87. The Kier molecular flexibility index (Phi) is 11.5. The summed E-state index contributed by atoms with van der Waals surface area (Å²) in [5.74, 6) is -1.24. The summed E-state index contributed by atoms with van der Waals surface area (Å²) < 4.78 is 15.4. The minimum atomic E-state index is -4.86. The number of hydrogen-bond donors (Lipinski definition) is 6. The Bertz CT molecular complexity index is 759. The zero-order valence-corrected chi connectivity index (χ0v) is 18.2. The molecular weight excluding hydrogens is 427 g/mol. The van der Waals surface area contributed by atoms with Crippen molar-refractivity contribution in [2.45, 2.75) is 56.8 Å². The maximum atomic E-state index is 12.7. The smallest absolute Gasteiger partial charge is 0.343 e. The Balaban J connectivity index is 2.80. The van der Waals surface area contributed by atoms with Crippen LogP contribution in [-0.4, -0.2) is 58.7 Å². The number of rotatable bonds is 14. The zero-order chi connectivity index (χ0) is 23.4. The molecule has 0 aromatic heterocycles. The van der Waals surface area contributed by atoms with Gasteiger partial charge in [-0.2, -0.15) is 0 Å². The minimum absolute atomic E-state index is 0.242. The molecule has 11 nitrogen and oxygen atoms in total. The summed E-state index contributed by atoms with van der Waals surface area (Å²) >= 11 is 0. The number of nitrogens with two attached hydrogens (primary N) is 2. The van der Waals surface area contributed by atoms with E-state index in [0.717, 1.165) is 5.56 Å². The average molecular weight is 458 g/mol. The molecule has 2 amide bonds. The number of carbonyl (C=O) groups excluding carboxylic acids is 3. The molecule has 1 aromatic rings. The molecule has 0 heterocycles. The number of phosphoric acid groups is 1. The lowest BCUT2D eigenvalue weighted by Gasteiger charge is -2.25. The second-order valence-corrected chi connectivity index (χ2v) is 8.31. The van der Waals surface area contributed by atoms with E-state index < -0.39 is 43.9 Å². The van der Waals surface area contributed by atoms with Crippen LogP contribution < -0.4 is 22.1 Å². The molecule has 0 spiro atoms. The third-order valence-electron chi connectivity index (χ3n) is 4.48. The first-order valence-corrected chi connectivity index (χ1v) is 11.4. The van der Waals surface area contributed by atoms with Crippen LogP contribution in [0.3, 0.4) is 0 Å². The van der Waals surface area contributed by atoms with Gasteiger partial charge < -0.3 is 36.7 Å². The molecule has 0 saturated heterocycles. The van der Waals surface area contributed by atoms with Crippen molar-refractivity contribution >= 4 is 25.9 Å². The summed E-state index contributed by atoms with van der Waals surface area (Å²) in [4.78, 5) is 54.3. The molecule has 4 atom stereocenters. The molecule has 174 valence electrons. The fourth-order valence-corrected chi connectivity index (χ4v) is 3.37. The van der Waals surface area contributed by atoms with Crippen LogP contribution in [0.15, 0.2) is 30.3 Å². The molecule has 0 radical (unpaired) electrons. The fraction of sp³-hybridized carbons (Fsp3) is 0.526. The number of benzene rings is 1. The predicted molar refractivity (Wildman–Crippen MR) is 114 cm³/mol. The van der Waals surface area contributed by atoms with Gasteiger partial charge in [0.05, 0.1) is 12.1 Å². The maximum Gasteiger partial charge on any atom is 0.469 e. The maximum absolute atomic E-state index is 12.7. The first-order chi connectivity index (χ1) is 14.6. The Morgan fingerprint density at radius 2 is 1.81 bits per heavy atom. The van der Waals surface area contributed by atoms with Crippen LogP contribution in [0.25, 0.3) is 0 Å². The van der Waals surface area contributed by atoms with Crippen LogP contribution in [-0.2, 0) is 29.9 Å². The normalized spacial score (nSPS) is 15.4. The Morgan fingerprint density at radius 3 is 2.35 bits per heavy atom. The molecule has 31 heavy (non-hydrogen) atoms. The van der Waals surface area contributed by atoms with Crippen molar-refractivity contribution in [2.75, 3.05) is 6.54 Å². The van der Waals surface area contributed by atoms with Crippen LogP contribution in [0.4, 0.5) is 0 Å². The van der Waals surface area contributed by atoms with Gasteiger partial charge >= 0.3 is 7.82 Å². The van der Waals surface area contributed by atoms with Crippen LogP contribution in [0.2, 0.25) is 0 Å². The molecule has 12 heteroatoms. The van der Waals surface area contributed by atoms with Gasteiger partial charge in [-0.05, 0) is 44.7 Å². The Morgan fingerprint density at radius 1 is 1.16 bits per heavy atom. The number of hydrogen-bond acceptors (Lipinski definition) is 7. The van der Waals surface area contributed by atoms with E-state index in [1.165, 1.54) is 6.92 Å². The quantitative estimate of drug-likeness (QED) is 0.119. The third kappa shape index (κ3) is 10.6. The number of carbonyl (C=O) groups is 3. The molecule has 0 aliphatic rings. The van der Waals surface area contributed by atoms with Gasteiger partial charge in [0, 0.05) is 0 Å². The van der Waals surface area contributed by atoms with E-state index in [1.54, 1.807) is 0 Å². The van der Waals surface area contributed by atoms with E-state index in [2.05, 4.69) is 15.2 Å². The molecule has 0 aliphatic carbocycles. The van der Waals surface area contributed by atoms with Gasteiger partial charge in [-0.1, -0.05) is 30.3 Å². The lowest BCUT2D eigenvalue weighted by atomic mass is 10.0. The standard InChI is InChI=1S/C19H31N4O7P/c1-13(30-31(27,28)29)17(12-24)23-19(26)16(9-5-6-10-20)22-18(25)15(21)11-14-7-3-2-4-8-14/h2-4,7-8,12-13,15-17H,5-6,9-11,20-21H2,1H3,(H,22,25)(H,23,26)(H2,27,28,29)/t13-,15+,16+,17-/m1/s1. The summed E-state index contributed by atoms with van der Waals surface area (Å²) in [6.07, 6.45) is 0.675. The number of aldehydes is 1. The predicted octanol–water partition coefficient (Wildman–Crippen LogP) is -0.648. The summed E-state index contributed by atoms with van der Waals surface area (Å²) in [5, 5.41) is 4.93. The summed E-state index contributed by atoms with van der Waals surface area (Å²) in [7, 11) is -4.86. The lowest BCUT2D eigenvalue weighted by molar-refractivity contribution is -0.131. The number of phosphoric ester groups is 1. The van der Waals surface area contributed by atoms with Crippen LogP contribution in [0.1, 0.15) is 31.7 Å². The fourth-order valence-electron chi connectivity index (χ4n) is 2.81. The summed E-state index contributed by atoms with van der Waals surface area (Å²) in [6.45, 7) is 1.64. The highest BCUT2D eigenvalue weighted by Crippen LogP contribution is 2.37.